The Hall–Kier alpha value is -2.47. The fraction of sp³-hybridized carbons (Fsp3) is 0.409. The molecular weight excluding hydrogens is 370 g/mol. The molecule has 3 aromatic rings. The van der Waals surface area contributed by atoms with E-state index in [2.05, 4.69) is 11.9 Å². The number of likely N-dealkylation sites (N-methyl/N-ethyl adjacent to an activating group) is 1. The molecule has 2 heterocycles. The van der Waals surface area contributed by atoms with Crippen LogP contribution in [0.25, 0.3) is 10.2 Å². The Bertz CT molecular complexity index is 1050. The number of aromatic nitrogens is 2. The molecule has 6 heteroatoms. The summed E-state index contributed by atoms with van der Waals surface area (Å²) in [5, 5.41) is 0.730. The number of hydrogen-bond acceptors (Lipinski definition) is 4. The predicted octanol–water partition coefficient (Wildman–Crippen LogP) is 3.63. The first kappa shape index (κ1) is 18.9. The van der Waals surface area contributed by atoms with Crippen molar-refractivity contribution in [3.8, 4) is 0 Å². The molecule has 4 rings (SSSR count). The number of aryl methyl sites for hydroxylation is 1. The molecule has 0 saturated heterocycles. The van der Waals surface area contributed by atoms with Gasteiger partial charge in [0.1, 0.15) is 11.4 Å². The van der Waals surface area contributed by atoms with Crippen LogP contribution in [0.5, 0.6) is 0 Å². The second kappa shape index (κ2) is 7.87. The molecule has 2 aromatic heterocycles. The minimum atomic E-state index is -0.0823. The highest BCUT2D eigenvalue weighted by Crippen LogP contribution is 2.35. The highest BCUT2D eigenvalue weighted by Gasteiger charge is 2.24. The first-order valence-corrected chi connectivity index (χ1v) is 10.7. The molecule has 0 radical (unpaired) electrons. The van der Waals surface area contributed by atoms with Crippen molar-refractivity contribution in [1.82, 2.24) is 14.5 Å². The SMILES string of the molecule is CCN(Cc1ccccc1)C(=O)Cn1cnc2sc3c(c2c1=O)CCC(C)C3. The monoisotopic (exact) mass is 395 g/mol. The predicted molar refractivity (Wildman–Crippen MR) is 113 cm³/mol. The van der Waals surface area contributed by atoms with Crippen molar-refractivity contribution in [3.63, 3.8) is 0 Å². The fourth-order valence-electron chi connectivity index (χ4n) is 3.90. The zero-order valence-corrected chi connectivity index (χ0v) is 17.2. The average Bonchev–Trinajstić information content (AvgIpc) is 3.07. The van der Waals surface area contributed by atoms with E-state index in [1.54, 1.807) is 16.2 Å². The van der Waals surface area contributed by atoms with Gasteiger partial charge in [-0.3, -0.25) is 14.2 Å². The van der Waals surface area contributed by atoms with Gasteiger partial charge in [0.25, 0.3) is 5.56 Å². The van der Waals surface area contributed by atoms with Gasteiger partial charge < -0.3 is 4.90 Å². The van der Waals surface area contributed by atoms with Crippen LogP contribution in [-0.4, -0.2) is 26.9 Å². The number of thiophene rings is 1. The standard InChI is InChI=1S/C22H25N3O2S/c1-3-24(12-16-7-5-4-6-8-16)19(26)13-25-14-23-21-20(22(25)27)17-10-9-15(2)11-18(17)28-21/h4-8,14-15H,3,9-13H2,1-2H3. The molecule has 28 heavy (non-hydrogen) atoms. The Kier molecular flexibility index (Phi) is 5.31. The molecule has 1 atom stereocenters. The molecule has 1 amide bonds. The normalized spacial score (nSPS) is 16.1. The molecule has 1 aromatic carbocycles. The van der Waals surface area contributed by atoms with Gasteiger partial charge in [-0.1, -0.05) is 37.3 Å². The molecule has 0 N–H and O–H groups in total. The quantitative estimate of drug-likeness (QED) is 0.663. The Morgan fingerprint density at radius 1 is 1.32 bits per heavy atom. The number of hydrogen-bond donors (Lipinski definition) is 0. The second-order valence-electron chi connectivity index (χ2n) is 7.60. The Morgan fingerprint density at radius 3 is 2.86 bits per heavy atom. The zero-order chi connectivity index (χ0) is 19.7. The van der Waals surface area contributed by atoms with Crippen LogP contribution in [0.15, 0.2) is 41.5 Å². The van der Waals surface area contributed by atoms with Crippen molar-refractivity contribution < 1.29 is 4.79 Å². The van der Waals surface area contributed by atoms with Crippen molar-refractivity contribution in [2.75, 3.05) is 6.54 Å². The third-order valence-electron chi connectivity index (χ3n) is 5.54. The maximum atomic E-state index is 13.1. The maximum absolute atomic E-state index is 13.1. The highest BCUT2D eigenvalue weighted by molar-refractivity contribution is 7.18. The van der Waals surface area contributed by atoms with Gasteiger partial charge in [-0.05, 0) is 43.2 Å². The molecule has 0 fully saturated rings. The zero-order valence-electron chi connectivity index (χ0n) is 16.4. The smallest absolute Gasteiger partial charge is 0.262 e. The van der Waals surface area contributed by atoms with E-state index < -0.39 is 0 Å². The third kappa shape index (κ3) is 3.61. The average molecular weight is 396 g/mol. The summed E-state index contributed by atoms with van der Waals surface area (Å²) in [6, 6.07) is 9.92. The number of amides is 1. The number of rotatable bonds is 5. The largest absolute Gasteiger partial charge is 0.337 e. The summed E-state index contributed by atoms with van der Waals surface area (Å²) in [6.45, 7) is 5.39. The summed E-state index contributed by atoms with van der Waals surface area (Å²) < 4.78 is 1.48. The minimum Gasteiger partial charge on any atom is -0.337 e. The summed E-state index contributed by atoms with van der Waals surface area (Å²) in [5.41, 5.74) is 2.16. The number of carbonyl (C=O) groups is 1. The highest BCUT2D eigenvalue weighted by atomic mass is 32.1. The van der Waals surface area contributed by atoms with E-state index in [-0.39, 0.29) is 18.0 Å². The lowest BCUT2D eigenvalue weighted by Gasteiger charge is -2.21. The molecule has 0 bridgehead atoms. The van der Waals surface area contributed by atoms with Crippen molar-refractivity contribution in [3.05, 3.63) is 63.0 Å². The Labute approximate surface area is 168 Å². The van der Waals surface area contributed by atoms with E-state index in [0.717, 1.165) is 40.6 Å². The van der Waals surface area contributed by atoms with Gasteiger partial charge in [-0.2, -0.15) is 0 Å². The van der Waals surface area contributed by atoms with Crippen LogP contribution in [0.1, 0.15) is 36.3 Å². The van der Waals surface area contributed by atoms with E-state index in [9.17, 15) is 9.59 Å². The second-order valence-corrected chi connectivity index (χ2v) is 8.69. The fourth-order valence-corrected chi connectivity index (χ4v) is 5.25. The first-order valence-electron chi connectivity index (χ1n) is 9.88. The van der Waals surface area contributed by atoms with Crippen molar-refractivity contribution in [2.24, 2.45) is 5.92 Å². The lowest BCUT2D eigenvalue weighted by atomic mass is 9.89. The van der Waals surface area contributed by atoms with Crippen molar-refractivity contribution in [1.29, 1.82) is 0 Å². The minimum absolute atomic E-state index is 0.0312. The molecule has 1 unspecified atom stereocenters. The number of benzene rings is 1. The molecule has 1 aliphatic rings. The van der Waals surface area contributed by atoms with Gasteiger partial charge in [0, 0.05) is 18.0 Å². The van der Waals surface area contributed by atoms with E-state index in [0.29, 0.717) is 19.0 Å². The molecule has 0 saturated carbocycles. The molecule has 146 valence electrons. The van der Waals surface area contributed by atoms with Crippen molar-refractivity contribution >= 4 is 27.5 Å². The van der Waals surface area contributed by atoms with Crippen LogP contribution in [-0.2, 0) is 30.7 Å². The van der Waals surface area contributed by atoms with Crippen LogP contribution in [0.3, 0.4) is 0 Å². The molecule has 1 aliphatic carbocycles. The number of nitrogens with zero attached hydrogens (tertiary/aromatic N) is 3. The van der Waals surface area contributed by atoms with Gasteiger partial charge in [0.05, 0.1) is 11.7 Å². The van der Waals surface area contributed by atoms with Crippen LogP contribution in [0.2, 0.25) is 0 Å². The number of carbonyl (C=O) groups excluding carboxylic acids is 1. The summed E-state index contributed by atoms with van der Waals surface area (Å²) in [4.78, 5) is 34.3. The summed E-state index contributed by atoms with van der Waals surface area (Å²) in [5.74, 6) is 0.591. The van der Waals surface area contributed by atoms with E-state index >= 15 is 0 Å². The topological polar surface area (TPSA) is 55.2 Å². The Balaban J connectivity index is 1.59. The lowest BCUT2D eigenvalue weighted by Crippen LogP contribution is -2.36. The molecule has 0 aliphatic heterocycles. The van der Waals surface area contributed by atoms with Crippen LogP contribution in [0.4, 0.5) is 0 Å². The summed E-state index contributed by atoms with van der Waals surface area (Å²) >= 11 is 1.64. The summed E-state index contributed by atoms with van der Waals surface area (Å²) in [6.07, 6.45) is 4.59. The van der Waals surface area contributed by atoms with Gasteiger partial charge in [-0.15, -0.1) is 11.3 Å². The molecule has 5 nitrogen and oxygen atoms in total. The van der Waals surface area contributed by atoms with Crippen LogP contribution < -0.4 is 5.56 Å². The summed E-state index contributed by atoms with van der Waals surface area (Å²) in [7, 11) is 0. The number of fused-ring (bicyclic) bond motifs is 3. The van der Waals surface area contributed by atoms with Crippen molar-refractivity contribution in [2.45, 2.75) is 46.2 Å². The van der Waals surface area contributed by atoms with Gasteiger partial charge >= 0.3 is 0 Å². The van der Waals surface area contributed by atoms with E-state index in [4.69, 9.17) is 0 Å². The van der Waals surface area contributed by atoms with Gasteiger partial charge in [0.15, 0.2) is 0 Å². The van der Waals surface area contributed by atoms with Crippen LogP contribution in [0, 0.1) is 5.92 Å². The molecule has 0 spiro atoms. The van der Waals surface area contributed by atoms with E-state index in [1.165, 1.54) is 15.8 Å². The van der Waals surface area contributed by atoms with E-state index in [1.807, 2.05) is 37.3 Å². The van der Waals surface area contributed by atoms with Gasteiger partial charge in [-0.25, -0.2) is 4.98 Å². The maximum Gasteiger partial charge on any atom is 0.262 e. The Morgan fingerprint density at radius 2 is 2.11 bits per heavy atom. The molecular formula is C22H25N3O2S. The first-order chi connectivity index (χ1) is 13.6. The van der Waals surface area contributed by atoms with Crippen LogP contribution >= 0.6 is 11.3 Å². The van der Waals surface area contributed by atoms with Gasteiger partial charge in [0.2, 0.25) is 5.91 Å². The third-order valence-corrected chi connectivity index (χ3v) is 6.70. The lowest BCUT2D eigenvalue weighted by molar-refractivity contribution is -0.132.